The van der Waals surface area contributed by atoms with Crippen molar-refractivity contribution >= 4 is 30.1 Å². The second-order valence-corrected chi connectivity index (χ2v) is 16.0. The summed E-state index contributed by atoms with van der Waals surface area (Å²) in [7, 11) is -3.08. The molecule has 2 saturated heterocycles. The topological polar surface area (TPSA) is 180 Å². The zero-order chi connectivity index (χ0) is 30.4. The number of ether oxygens (including phenoxy) is 5. The first-order chi connectivity index (χ1) is 20.5. The number of aromatic nitrogens is 7. The highest BCUT2D eigenvalue weighted by Crippen LogP contribution is 2.53. The highest BCUT2D eigenvalue weighted by molar-refractivity contribution is 7.63. The second kappa shape index (κ2) is 11.9. The molecule has 0 spiro atoms. The largest absolute Gasteiger partial charge is 0.393 e. The number of nitrogens with one attached hydrogen (secondary N) is 2. The number of fused-ring (bicyclic) bond motifs is 2. The first-order valence-electron chi connectivity index (χ1n) is 14.4. The van der Waals surface area contributed by atoms with Gasteiger partial charge in [0.15, 0.2) is 22.8 Å². The molecule has 15 nitrogen and oxygen atoms in total. The van der Waals surface area contributed by atoms with E-state index in [9.17, 15) is 9.67 Å². The quantitative estimate of drug-likeness (QED) is 0.246. The molecule has 1 saturated carbocycles. The third kappa shape index (κ3) is 6.19. The van der Waals surface area contributed by atoms with Gasteiger partial charge in [-0.1, -0.05) is 18.1 Å². The molecule has 5 atom stereocenters. The Morgan fingerprint density at radius 3 is 2.72 bits per heavy atom. The minimum atomic E-state index is -3.08. The van der Waals surface area contributed by atoms with E-state index in [4.69, 9.17) is 35.3 Å². The predicted molar refractivity (Wildman–Crippen MR) is 154 cm³/mol. The Labute approximate surface area is 253 Å². The molecule has 5 heterocycles. The summed E-state index contributed by atoms with van der Waals surface area (Å²) >= 11 is 6.39. The van der Waals surface area contributed by atoms with E-state index >= 15 is 0 Å². The zero-order valence-corrected chi connectivity index (χ0v) is 26.3. The third-order valence-corrected chi connectivity index (χ3v) is 10.9. The van der Waals surface area contributed by atoms with Crippen molar-refractivity contribution in [3.05, 3.63) is 28.9 Å². The number of aliphatic hydroxyl groups is 1. The van der Waals surface area contributed by atoms with Crippen molar-refractivity contribution in [1.29, 1.82) is 0 Å². The molecule has 17 heteroatoms. The Balaban J connectivity index is 1.24. The van der Waals surface area contributed by atoms with Gasteiger partial charge in [-0.05, 0) is 63.8 Å². The van der Waals surface area contributed by atoms with Gasteiger partial charge in [0, 0.05) is 6.04 Å². The van der Waals surface area contributed by atoms with E-state index in [1.54, 1.807) is 17.8 Å². The van der Waals surface area contributed by atoms with Gasteiger partial charge in [-0.3, -0.25) is 0 Å². The SMILES string of the molecule is CC1(C)O[C@@H]2[C@H](O1)[C@@H](CO[C@](CO)(COCc1nn[nH]n1)P(C)(C)=O)O[C@@H]2c1ccc2c(NC3CCCC3)nc(Cl)nn12. The van der Waals surface area contributed by atoms with Crippen molar-refractivity contribution in [2.24, 2.45) is 0 Å². The predicted octanol–water partition coefficient (Wildman–Crippen LogP) is 2.75. The molecule has 0 amide bonds. The standard InChI is InChI=1S/C26H38ClN8O7P/c1-25(2)41-21-18(11-39-26(13-36,43(3,4)37)14-38-12-19-30-33-34-31-19)40-20(22(21)42-25)16-9-10-17-23(28-15-7-5-6-8-15)29-24(27)32-35(16)17/h9-10,15,18,20-22,36H,5-8,11-14H2,1-4H3,(H,28,29,32)(H,30,31,33,34)/t18-,20-,21-,22+,26+/m1/s1. The summed E-state index contributed by atoms with van der Waals surface area (Å²) in [6.07, 6.45) is 2.33. The van der Waals surface area contributed by atoms with E-state index in [1.807, 2.05) is 26.0 Å². The summed E-state index contributed by atoms with van der Waals surface area (Å²) in [5, 5.41) is 30.6. The molecule has 0 bridgehead atoms. The molecular weight excluding hydrogens is 603 g/mol. The lowest BCUT2D eigenvalue weighted by Crippen LogP contribution is -2.45. The van der Waals surface area contributed by atoms with E-state index in [-0.39, 0.29) is 25.1 Å². The number of halogens is 1. The fourth-order valence-electron chi connectivity index (χ4n) is 6.03. The third-order valence-electron chi connectivity index (χ3n) is 8.34. The molecule has 236 valence electrons. The zero-order valence-electron chi connectivity index (χ0n) is 24.6. The molecule has 43 heavy (non-hydrogen) atoms. The Morgan fingerprint density at radius 2 is 2.02 bits per heavy atom. The number of H-pyrrole nitrogens is 1. The van der Waals surface area contributed by atoms with Crippen molar-refractivity contribution in [3.8, 4) is 0 Å². The maximum absolute atomic E-state index is 13.4. The lowest BCUT2D eigenvalue weighted by atomic mass is 10.1. The van der Waals surface area contributed by atoms with E-state index in [0.29, 0.717) is 17.7 Å². The molecule has 0 radical (unpaired) electrons. The second-order valence-electron chi connectivity index (χ2n) is 12.2. The Kier molecular flexibility index (Phi) is 8.54. The van der Waals surface area contributed by atoms with Crippen LogP contribution in [-0.4, -0.2) is 109 Å². The lowest BCUT2D eigenvalue weighted by molar-refractivity contribution is -0.199. The van der Waals surface area contributed by atoms with E-state index in [0.717, 1.165) is 24.1 Å². The van der Waals surface area contributed by atoms with Gasteiger partial charge in [-0.25, -0.2) is 4.52 Å². The summed E-state index contributed by atoms with van der Waals surface area (Å²) in [5.41, 5.74) is 1.50. The number of hydrogen-bond donors (Lipinski definition) is 3. The molecule has 3 fully saturated rings. The summed E-state index contributed by atoms with van der Waals surface area (Å²) in [5.74, 6) is 0.117. The molecule has 6 rings (SSSR count). The highest BCUT2D eigenvalue weighted by Gasteiger charge is 2.57. The van der Waals surface area contributed by atoms with E-state index in [2.05, 4.69) is 36.0 Å². The molecule has 1 aliphatic carbocycles. The van der Waals surface area contributed by atoms with Crippen LogP contribution in [0.3, 0.4) is 0 Å². The Morgan fingerprint density at radius 1 is 1.26 bits per heavy atom. The minimum Gasteiger partial charge on any atom is -0.393 e. The molecule has 3 aromatic rings. The number of aromatic amines is 1. The van der Waals surface area contributed by atoms with E-state index in [1.165, 1.54) is 12.8 Å². The van der Waals surface area contributed by atoms with Crippen molar-refractivity contribution < 1.29 is 33.4 Å². The van der Waals surface area contributed by atoms with Gasteiger partial charge in [-0.15, -0.1) is 15.3 Å². The molecule has 3 N–H and O–H groups in total. The van der Waals surface area contributed by atoms with Gasteiger partial charge < -0.3 is 38.7 Å². The molecule has 3 aliphatic rings. The number of nitrogens with zero attached hydrogens (tertiary/aromatic N) is 6. The van der Waals surface area contributed by atoms with Crippen molar-refractivity contribution in [3.63, 3.8) is 0 Å². The average molecular weight is 641 g/mol. The van der Waals surface area contributed by atoms with Crippen molar-refractivity contribution in [1.82, 2.24) is 35.2 Å². The summed E-state index contributed by atoms with van der Waals surface area (Å²) in [4.78, 5) is 4.47. The van der Waals surface area contributed by atoms with Gasteiger partial charge in [0.2, 0.25) is 5.28 Å². The van der Waals surface area contributed by atoms with Gasteiger partial charge >= 0.3 is 0 Å². The number of hydrogen-bond acceptors (Lipinski definition) is 13. The molecule has 0 aromatic carbocycles. The molecule has 2 aliphatic heterocycles. The highest BCUT2D eigenvalue weighted by atomic mass is 35.5. The smallest absolute Gasteiger partial charge is 0.243 e. The summed E-state index contributed by atoms with van der Waals surface area (Å²) in [6, 6.07) is 4.20. The number of aliphatic hydroxyl groups excluding tert-OH is 1. The first-order valence-corrected chi connectivity index (χ1v) is 17.4. The Bertz CT molecular complexity index is 1460. The van der Waals surface area contributed by atoms with Crippen LogP contribution in [0.1, 0.15) is 57.2 Å². The van der Waals surface area contributed by atoms with Crippen LogP contribution in [0.4, 0.5) is 5.82 Å². The number of tetrazole rings is 1. The number of rotatable bonds is 12. The fraction of sp³-hybridized carbons (Fsp3) is 0.731. The van der Waals surface area contributed by atoms with Crippen LogP contribution in [0.15, 0.2) is 12.1 Å². The molecule has 0 unspecified atom stereocenters. The van der Waals surface area contributed by atoms with Crippen LogP contribution in [0.2, 0.25) is 5.28 Å². The van der Waals surface area contributed by atoms with Crippen LogP contribution >= 0.6 is 18.7 Å². The normalized spacial score (nSPS) is 27.1. The fourth-order valence-corrected chi connectivity index (χ4v) is 7.31. The summed E-state index contributed by atoms with van der Waals surface area (Å²) in [6.45, 7) is 6.05. The maximum Gasteiger partial charge on any atom is 0.243 e. The monoisotopic (exact) mass is 640 g/mol. The lowest BCUT2D eigenvalue weighted by Gasteiger charge is -2.36. The minimum absolute atomic E-state index is 0.00273. The van der Waals surface area contributed by atoms with Crippen LogP contribution in [-0.2, 0) is 34.9 Å². The Hall–Kier alpha value is -2.23. The van der Waals surface area contributed by atoms with Gasteiger partial charge in [0.25, 0.3) is 0 Å². The van der Waals surface area contributed by atoms with Crippen LogP contribution in [0.25, 0.3) is 5.52 Å². The number of anilines is 1. The molecular formula is C26H38ClN8O7P. The summed E-state index contributed by atoms with van der Waals surface area (Å²) < 4.78 is 46.3. The van der Waals surface area contributed by atoms with Gasteiger partial charge in [-0.2, -0.15) is 10.2 Å². The van der Waals surface area contributed by atoms with Crippen molar-refractivity contribution in [2.45, 2.75) is 87.7 Å². The van der Waals surface area contributed by atoms with Crippen LogP contribution < -0.4 is 5.32 Å². The first kappa shape index (κ1) is 30.8. The van der Waals surface area contributed by atoms with Gasteiger partial charge in [0.05, 0.1) is 25.5 Å². The van der Waals surface area contributed by atoms with Crippen LogP contribution in [0.5, 0.6) is 0 Å². The van der Waals surface area contributed by atoms with Gasteiger partial charge in [0.1, 0.15) is 43.7 Å². The molecule has 3 aromatic heterocycles. The van der Waals surface area contributed by atoms with Crippen molar-refractivity contribution in [2.75, 3.05) is 38.5 Å². The van der Waals surface area contributed by atoms with E-state index < -0.39 is 49.3 Å². The average Bonchev–Trinajstić information content (AvgIpc) is 3.76. The maximum atomic E-state index is 13.4. The van der Waals surface area contributed by atoms with Crippen LogP contribution in [0, 0.1) is 0 Å².